The molecule has 72 heteroatoms. The van der Waals surface area contributed by atoms with E-state index >= 15 is 0 Å². The van der Waals surface area contributed by atoms with E-state index in [0.717, 1.165) is 104 Å². The molecule has 141 heavy (non-hydrogen) atoms. The average molecular weight is 2240 g/mol. The van der Waals surface area contributed by atoms with Crippen molar-refractivity contribution < 1.29 is 232 Å². The van der Waals surface area contributed by atoms with Crippen LogP contribution in [-0.2, 0) is 94.0 Å². The Hall–Kier alpha value is -7.50. The van der Waals surface area contributed by atoms with Crippen molar-refractivity contribution in [2.24, 2.45) is 0 Å². The van der Waals surface area contributed by atoms with Gasteiger partial charge in [0, 0.05) is 36.4 Å². The molecule has 0 aliphatic heterocycles. The zero-order valence-electron chi connectivity index (χ0n) is 73.7. The van der Waals surface area contributed by atoms with Gasteiger partial charge in [-0.15, -0.1) is 0 Å². The van der Waals surface area contributed by atoms with E-state index in [1.807, 2.05) is 13.8 Å². The normalized spacial score (nSPS) is 13.5. The first kappa shape index (κ1) is 120. The Balaban J connectivity index is 0.000000230. The largest absolute Gasteiger partial charge is 0.508 e. The summed E-state index contributed by atoms with van der Waals surface area (Å²) in [6.45, 7) is 3.67. The van der Waals surface area contributed by atoms with E-state index in [2.05, 4.69) is 36.8 Å². The van der Waals surface area contributed by atoms with Gasteiger partial charge in [0.2, 0.25) is 0 Å². The van der Waals surface area contributed by atoms with Crippen LogP contribution >= 0.6 is 91.1 Å². The van der Waals surface area contributed by atoms with Gasteiger partial charge in [-0.05, 0) is 99.0 Å². The standard InChI is InChI=1S/C14H22N2O8P2.C13H20N2O8P2.C12H18N2O8P2.C11H16N2O8P2.C10H14N2O8P2.C9H12N2O8P2/c1-2-3-4-7-24-11-5-6-13-12(8-11)15-10-16(13)9-14(17,25(18,19)20)26(21,22)23;1-2-3-6-23-10-4-5-12-11(7-10)14-9-15(12)8-13(16,24(17,18)19)25(20,21)22;1-2-5-22-9-3-4-11-10(6-9)13-8-14(11)7-12(15,23(16,17)18)24(19,20)21;1-2-21-8-3-4-10-9(5-8)12-7-13(10)6-11(14,22(15,16)17)23(18,19)20;1-20-7-2-3-9-8(4-7)11-6-12(9)5-10(13,21(14,15)16)22(17,18)19;12-6-1-2-8-7(3-6)10-5-11(8)4-9(13,20(14,15)16)21(17,18)19/h5-6,8,10,17H,2-4,7,9H2,1H3,(H2,18,19,20)(H2,21,22,23);4-5,7,9,16H,2-3,6,8H2,1H3,(H2,17,18,19)(H2,20,21,22);3-4,6,8,15H,2,5,7H2,1H3,(H2,16,17,18)(H2,19,20,21);3-5,7,14H,2,6H2,1H3,(H2,15,16,17)(H2,18,19,20);2-4,6,13H,5H2,1H3,(H2,14,15,16)(H2,17,18,19);1-3,5,12-13H,4H2,(H2,14,15,16)(H2,17,18,19). The number of methoxy groups -OCH3 is 1. The number of fused-ring (bicyclic) bond motifs is 6. The van der Waals surface area contributed by atoms with Crippen molar-refractivity contribution >= 4 is 157 Å². The lowest BCUT2D eigenvalue weighted by Crippen LogP contribution is -2.33. The van der Waals surface area contributed by atoms with Crippen molar-refractivity contribution in [3.05, 3.63) is 147 Å². The topological polar surface area (TPSA) is 985 Å². The number of benzene rings is 6. The Morgan fingerprint density at radius 3 is 0.645 bits per heavy atom. The summed E-state index contributed by atoms with van der Waals surface area (Å²) >= 11 is 0. The van der Waals surface area contributed by atoms with Crippen molar-refractivity contribution in [2.45, 2.75) is 136 Å². The van der Waals surface area contributed by atoms with E-state index in [1.54, 1.807) is 55.5 Å². The lowest BCUT2D eigenvalue weighted by atomic mass is 10.2. The van der Waals surface area contributed by atoms with Gasteiger partial charge in [0.05, 0.1) is 177 Å². The summed E-state index contributed by atoms with van der Waals surface area (Å²) in [5.74, 6) is 2.54. The fourth-order valence-corrected chi connectivity index (χ4v) is 24.5. The Labute approximate surface area is 793 Å². The fourth-order valence-electron chi connectivity index (χ4n) is 12.3. The van der Waals surface area contributed by atoms with Crippen LogP contribution < -0.4 is 23.7 Å². The van der Waals surface area contributed by atoms with Gasteiger partial charge in [0.1, 0.15) is 34.5 Å². The number of imidazole rings is 6. The molecule has 0 saturated carbocycles. The summed E-state index contributed by atoms with van der Waals surface area (Å²) < 4.78 is 170. The molecule has 6 aromatic carbocycles. The Morgan fingerprint density at radius 2 is 0.440 bits per heavy atom. The van der Waals surface area contributed by atoms with Crippen LogP contribution in [0.1, 0.15) is 66.2 Å². The molecule has 0 atom stereocenters. The van der Waals surface area contributed by atoms with Gasteiger partial charge in [-0.3, -0.25) is 54.8 Å². The quantitative estimate of drug-likeness (QED) is 0.0192. The first-order valence-electron chi connectivity index (χ1n) is 39.9. The lowest BCUT2D eigenvalue weighted by Gasteiger charge is -2.29. The van der Waals surface area contributed by atoms with Gasteiger partial charge >= 0.3 is 91.1 Å². The number of ether oxygens (including phenoxy) is 5. The van der Waals surface area contributed by atoms with Crippen LogP contribution in [0.4, 0.5) is 0 Å². The molecule has 60 nitrogen and oxygen atoms in total. The number of hydrogen-bond donors (Lipinski definition) is 31. The monoisotopic (exact) mass is 2240 g/mol. The summed E-state index contributed by atoms with van der Waals surface area (Å²) in [7, 11) is -65.0. The molecule has 0 fully saturated rings. The first-order chi connectivity index (χ1) is 64.4. The van der Waals surface area contributed by atoms with Crippen LogP contribution in [0.2, 0.25) is 0 Å². The predicted octanol–water partition coefficient (Wildman–Crippen LogP) is 3.88. The van der Waals surface area contributed by atoms with Crippen LogP contribution in [0.5, 0.6) is 34.5 Å². The van der Waals surface area contributed by atoms with Crippen molar-refractivity contribution in [1.82, 2.24) is 57.3 Å². The molecule has 12 aromatic rings. The highest BCUT2D eigenvalue weighted by molar-refractivity contribution is 7.74. The van der Waals surface area contributed by atoms with Crippen LogP contribution in [0.15, 0.2) is 147 Å². The SMILES string of the molecule is CCCCCOc1ccc2c(c1)ncn2CC(O)(P(=O)(O)O)P(=O)(O)O.CCCCOc1ccc2c(c1)ncn2CC(O)(P(=O)(O)O)P(=O)(O)O.CCCOc1ccc2c(c1)ncn2CC(O)(P(=O)(O)O)P(=O)(O)O.CCOc1ccc2c(c1)ncn2CC(O)(P(=O)(O)O)P(=O)(O)O.COc1ccc2c(c1)ncn2CC(O)(P(=O)(O)O)P(=O)(O)O.O=P(O)(O)C(O)(Cn1cnc2cc(O)ccc21)P(=O)(O)O. The number of aliphatic hydroxyl groups is 6. The van der Waals surface area contributed by atoms with Crippen LogP contribution in [-0.4, -0.2) is 275 Å². The number of phenols is 1. The molecule has 6 aromatic heterocycles. The predicted molar refractivity (Wildman–Crippen MR) is 493 cm³/mol. The van der Waals surface area contributed by atoms with Crippen LogP contribution in [0.25, 0.3) is 66.2 Å². The molecule has 12 rings (SSSR count). The molecule has 0 spiro atoms. The molecule has 0 amide bonds. The molecule has 31 N–H and O–H groups in total. The van der Waals surface area contributed by atoms with E-state index in [4.69, 9.17) is 62.8 Å². The highest BCUT2D eigenvalue weighted by atomic mass is 31.3. The van der Waals surface area contributed by atoms with Crippen LogP contribution in [0, 0.1) is 0 Å². The molecule has 0 aliphatic rings. The number of hydrogen-bond acceptors (Lipinski definition) is 30. The summed E-state index contributed by atoms with van der Waals surface area (Å²) in [6, 6.07) is 27.2. The minimum absolute atomic E-state index is 0.104. The molecule has 786 valence electrons. The summed E-state index contributed by atoms with van der Waals surface area (Å²) in [5, 5.41) is 47.8. The third-order valence-electron chi connectivity index (χ3n) is 20.3. The molecule has 0 aliphatic carbocycles. The minimum Gasteiger partial charge on any atom is -0.508 e. The zero-order valence-corrected chi connectivity index (χ0v) is 84.4. The fraction of sp³-hybridized carbons (Fsp3) is 0.391. The van der Waals surface area contributed by atoms with Gasteiger partial charge in [0.15, 0.2) is 0 Å². The second-order valence-electron chi connectivity index (χ2n) is 30.6. The van der Waals surface area contributed by atoms with E-state index in [9.17, 15) is 169 Å². The smallest absolute Gasteiger partial charge is 0.371 e. The van der Waals surface area contributed by atoms with Crippen molar-refractivity contribution in [3.8, 4) is 34.5 Å². The van der Waals surface area contributed by atoms with Crippen molar-refractivity contribution in [2.75, 3.05) is 33.5 Å². The van der Waals surface area contributed by atoms with E-state index in [0.29, 0.717) is 110 Å². The number of unbranched alkanes of at least 4 members (excludes halogenated alkanes) is 3. The average Bonchev–Trinajstić information content (AvgIpc) is 1.75. The maximum absolute atomic E-state index is 11.5. The molecule has 6 heterocycles. The van der Waals surface area contributed by atoms with Gasteiger partial charge in [-0.25, -0.2) is 29.9 Å². The second kappa shape index (κ2) is 45.9. The lowest BCUT2D eigenvalue weighted by molar-refractivity contribution is 0.116. The third-order valence-corrected chi connectivity index (χ3v) is 42.5. The highest BCUT2D eigenvalue weighted by Crippen LogP contribution is 2.73. The maximum atomic E-state index is 11.5. The van der Waals surface area contributed by atoms with E-state index < -0.39 is 161 Å². The molecular formula is C69H102N12O48P12. The van der Waals surface area contributed by atoms with Gasteiger partial charge in [0.25, 0.3) is 30.5 Å². The first-order valence-corrected chi connectivity index (χ1v) is 59.2. The number of aromatic hydroxyl groups is 1. The summed E-state index contributed by atoms with van der Waals surface area (Å²) in [5.41, 5.74) is 4.06. The third kappa shape index (κ3) is 28.3. The van der Waals surface area contributed by atoms with Gasteiger partial charge in [-0.2, -0.15) is 0 Å². The minimum atomic E-state index is -5.54. The van der Waals surface area contributed by atoms with Gasteiger partial charge in [-0.1, -0.05) is 40.0 Å². The molecule has 0 saturated heterocycles. The number of nitrogens with zero attached hydrogens (tertiary/aromatic N) is 12. The number of phenolic OH excluding ortho intramolecular Hbond substituents is 1. The van der Waals surface area contributed by atoms with E-state index in [-0.39, 0.29) is 16.8 Å². The molecule has 0 radical (unpaired) electrons. The Morgan fingerprint density at radius 1 is 0.248 bits per heavy atom. The molecule has 0 unspecified atom stereocenters. The number of aromatic nitrogens is 12. The number of rotatable bonds is 39. The van der Waals surface area contributed by atoms with Gasteiger partial charge < -0.3 is 204 Å². The summed E-state index contributed by atoms with van der Waals surface area (Å²) in [4.78, 5) is 244. The summed E-state index contributed by atoms with van der Waals surface area (Å²) in [6.07, 6.45) is 12.4. The van der Waals surface area contributed by atoms with E-state index in [1.165, 1.54) is 67.8 Å². The molecule has 0 bridgehead atoms. The zero-order chi connectivity index (χ0) is 107. The van der Waals surface area contributed by atoms with Crippen LogP contribution in [0.3, 0.4) is 0 Å². The Bertz CT molecular complexity index is 6890. The highest BCUT2D eigenvalue weighted by Gasteiger charge is 2.65. The van der Waals surface area contributed by atoms with Crippen molar-refractivity contribution in [1.29, 1.82) is 0 Å². The Kier molecular flexibility index (Phi) is 39.2. The van der Waals surface area contributed by atoms with Crippen molar-refractivity contribution in [3.63, 3.8) is 0 Å². The molecular weight excluding hydrogens is 2140 g/mol. The second-order valence-corrected chi connectivity index (χ2v) is 54.6. The maximum Gasteiger partial charge on any atom is 0.371 e.